The van der Waals surface area contributed by atoms with E-state index < -0.39 is 0 Å². The van der Waals surface area contributed by atoms with Gasteiger partial charge in [0, 0.05) is 6.42 Å². The first-order chi connectivity index (χ1) is 15.1. The molecule has 3 heteroatoms. The maximum absolute atomic E-state index is 12.1. The van der Waals surface area contributed by atoms with Crippen molar-refractivity contribution in [1.29, 1.82) is 0 Å². The van der Waals surface area contributed by atoms with Gasteiger partial charge in [-0.3, -0.25) is 4.79 Å². The first-order valence-electron chi connectivity index (χ1n) is 14.0. The van der Waals surface area contributed by atoms with Crippen molar-refractivity contribution in [3.05, 3.63) is 0 Å². The Kier molecular flexibility index (Phi) is 19.5. The third-order valence-corrected chi connectivity index (χ3v) is 6.99. The molecule has 0 aliphatic heterocycles. The van der Waals surface area contributed by atoms with Gasteiger partial charge in [-0.2, -0.15) is 0 Å². The van der Waals surface area contributed by atoms with Crippen LogP contribution in [0.1, 0.15) is 131 Å². The van der Waals surface area contributed by atoms with Gasteiger partial charge in [0.25, 0.3) is 0 Å². The Morgan fingerprint density at radius 1 is 0.688 bits per heavy atom. The SMILES string of the molecule is CCC(CCC(C)CCCC(C)CCCC(C)CCCC(C)C)OC(=O)CCCN(C)C. The largest absolute Gasteiger partial charge is 0.462 e. The van der Waals surface area contributed by atoms with Gasteiger partial charge >= 0.3 is 5.97 Å². The second-order valence-electron chi connectivity index (χ2n) is 11.5. The molecule has 0 fully saturated rings. The van der Waals surface area contributed by atoms with E-state index in [1.165, 1.54) is 64.2 Å². The highest BCUT2D eigenvalue weighted by molar-refractivity contribution is 5.69. The van der Waals surface area contributed by atoms with Crippen LogP contribution in [0.15, 0.2) is 0 Å². The molecule has 0 amide bonds. The highest BCUT2D eigenvalue weighted by atomic mass is 16.5. The molecule has 0 spiro atoms. The van der Waals surface area contributed by atoms with Crippen molar-refractivity contribution in [2.24, 2.45) is 23.7 Å². The molecule has 0 aromatic carbocycles. The van der Waals surface area contributed by atoms with E-state index in [4.69, 9.17) is 4.74 Å². The van der Waals surface area contributed by atoms with Crippen molar-refractivity contribution in [3.8, 4) is 0 Å². The minimum atomic E-state index is -0.0191. The molecule has 0 radical (unpaired) electrons. The second kappa shape index (κ2) is 19.9. The van der Waals surface area contributed by atoms with Crippen molar-refractivity contribution in [3.63, 3.8) is 0 Å². The minimum absolute atomic E-state index is 0.0191. The first-order valence-corrected chi connectivity index (χ1v) is 14.0. The third kappa shape index (κ3) is 20.1. The molecule has 4 atom stereocenters. The Morgan fingerprint density at radius 2 is 1.16 bits per heavy atom. The fourth-order valence-electron chi connectivity index (χ4n) is 4.54. The van der Waals surface area contributed by atoms with E-state index in [9.17, 15) is 4.79 Å². The first kappa shape index (κ1) is 31.4. The van der Waals surface area contributed by atoms with E-state index in [1.807, 2.05) is 14.1 Å². The minimum Gasteiger partial charge on any atom is -0.462 e. The molecule has 32 heavy (non-hydrogen) atoms. The van der Waals surface area contributed by atoms with Crippen LogP contribution in [-0.4, -0.2) is 37.6 Å². The number of hydrogen-bond donors (Lipinski definition) is 0. The molecule has 0 rings (SSSR count). The summed E-state index contributed by atoms with van der Waals surface area (Å²) in [6.45, 7) is 15.0. The predicted octanol–water partition coefficient (Wildman–Crippen LogP) is 8.51. The van der Waals surface area contributed by atoms with Crippen molar-refractivity contribution in [2.45, 2.75) is 138 Å². The third-order valence-electron chi connectivity index (χ3n) is 6.99. The maximum atomic E-state index is 12.1. The van der Waals surface area contributed by atoms with Crippen LogP contribution in [0.4, 0.5) is 0 Å². The lowest BCUT2D eigenvalue weighted by Gasteiger charge is -2.20. The van der Waals surface area contributed by atoms with Crippen LogP contribution in [0.25, 0.3) is 0 Å². The van der Waals surface area contributed by atoms with Crippen LogP contribution in [0, 0.1) is 23.7 Å². The van der Waals surface area contributed by atoms with E-state index in [-0.39, 0.29) is 12.1 Å². The molecular formula is C29H59NO2. The summed E-state index contributed by atoms with van der Waals surface area (Å²) < 4.78 is 5.72. The van der Waals surface area contributed by atoms with E-state index >= 15 is 0 Å². The van der Waals surface area contributed by atoms with E-state index in [0.717, 1.165) is 49.5 Å². The normalized spacial score (nSPS) is 15.7. The van der Waals surface area contributed by atoms with Crippen LogP contribution >= 0.6 is 0 Å². The monoisotopic (exact) mass is 453 g/mol. The summed E-state index contributed by atoms with van der Waals surface area (Å²) in [5.41, 5.74) is 0. The Morgan fingerprint density at radius 3 is 1.59 bits per heavy atom. The average Bonchev–Trinajstić information content (AvgIpc) is 2.70. The number of ether oxygens (including phenoxy) is 1. The lowest BCUT2D eigenvalue weighted by atomic mass is 9.90. The highest BCUT2D eigenvalue weighted by Gasteiger charge is 2.15. The van der Waals surface area contributed by atoms with Crippen LogP contribution < -0.4 is 0 Å². The number of carbonyl (C=O) groups is 1. The van der Waals surface area contributed by atoms with Gasteiger partial charge in [0.15, 0.2) is 0 Å². The van der Waals surface area contributed by atoms with Crippen molar-refractivity contribution >= 4 is 5.97 Å². The molecule has 0 saturated heterocycles. The van der Waals surface area contributed by atoms with Crippen molar-refractivity contribution < 1.29 is 9.53 Å². The molecule has 0 aromatic rings. The number of carbonyl (C=O) groups excluding carboxylic acids is 1. The van der Waals surface area contributed by atoms with Gasteiger partial charge in [-0.25, -0.2) is 0 Å². The van der Waals surface area contributed by atoms with Crippen LogP contribution in [0.5, 0.6) is 0 Å². The summed E-state index contributed by atoms with van der Waals surface area (Å²) in [5, 5.41) is 0. The summed E-state index contributed by atoms with van der Waals surface area (Å²) >= 11 is 0. The Labute approximate surface area is 202 Å². The zero-order valence-corrected chi connectivity index (χ0v) is 23.3. The van der Waals surface area contributed by atoms with Crippen molar-refractivity contribution in [1.82, 2.24) is 4.90 Å². The molecule has 0 heterocycles. The smallest absolute Gasteiger partial charge is 0.306 e. The summed E-state index contributed by atoms with van der Waals surface area (Å²) in [6.07, 6.45) is 17.1. The topological polar surface area (TPSA) is 29.5 Å². The lowest BCUT2D eigenvalue weighted by Crippen LogP contribution is -2.20. The van der Waals surface area contributed by atoms with E-state index in [1.54, 1.807) is 0 Å². The van der Waals surface area contributed by atoms with Gasteiger partial charge in [0.2, 0.25) is 0 Å². The second-order valence-corrected chi connectivity index (χ2v) is 11.5. The number of hydrogen-bond acceptors (Lipinski definition) is 3. The number of esters is 1. The van der Waals surface area contributed by atoms with Gasteiger partial charge in [0.1, 0.15) is 6.10 Å². The lowest BCUT2D eigenvalue weighted by molar-refractivity contribution is -0.149. The van der Waals surface area contributed by atoms with Gasteiger partial charge in [-0.05, 0) is 70.0 Å². The van der Waals surface area contributed by atoms with Gasteiger partial charge in [0.05, 0.1) is 0 Å². The summed E-state index contributed by atoms with van der Waals surface area (Å²) in [5.74, 6) is 3.32. The predicted molar refractivity (Wildman–Crippen MR) is 141 cm³/mol. The molecular weight excluding hydrogens is 394 g/mol. The molecule has 3 nitrogen and oxygen atoms in total. The Hall–Kier alpha value is -0.570. The molecule has 0 bridgehead atoms. The van der Waals surface area contributed by atoms with Crippen LogP contribution in [0.2, 0.25) is 0 Å². The Bertz CT molecular complexity index is 435. The fraction of sp³-hybridized carbons (Fsp3) is 0.966. The van der Waals surface area contributed by atoms with E-state index in [0.29, 0.717) is 6.42 Å². The molecule has 192 valence electrons. The zero-order valence-electron chi connectivity index (χ0n) is 23.3. The molecule has 0 aromatic heterocycles. The molecule has 0 N–H and O–H groups in total. The summed E-state index contributed by atoms with van der Waals surface area (Å²) in [7, 11) is 4.08. The van der Waals surface area contributed by atoms with Crippen LogP contribution in [0.3, 0.4) is 0 Å². The molecule has 0 saturated carbocycles. The average molecular weight is 454 g/mol. The summed E-state index contributed by atoms with van der Waals surface area (Å²) in [6, 6.07) is 0. The van der Waals surface area contributed by atoms with Gasteiger partial charge in [-0.15, -0.1) is 0 Å². The number of rotatable bonds is 21. The molecule has 4 unspecified atom stereocenters. The van der Waals surface area contributed by atoms with Gasteiger partial charge < -0.3 is 9.64 Å². The molecule has 0 aliphatic carbocycles. The Balaban J connectivity index is 3.82. The highest BCUT2D eigenvalue weighted by Crippen LogP contribution is 2.23. The standard InChI is InChI=1S/C29H59NO2/c1-9-28(32-29(31)20-13-23-30(7)8)22-21-27(6)19-12-18-26(5)17-11-16-25(4)15-10-14-24(2)3/h24-28H,9-23H2,1-8H3. The summed E-state index contributed by atoms with van der Waals surface area (Å²) in [4.78, 5) is 14.2. The van der Waals surface area contributed by atoms with Crippen molar-refractivity contribution in [2.75, 3.05) is 20.6 Å². The van der Waals surface area contributed by atoms with E-state index in [2.05, 4.69) is 46.4 Å². The van der Waals surface area contributed by atoms with Gasteiger partial charge in [-0.1, -0.05) is 99.3 Å². The molecule has 0 aliphatic rings. The maximum Gasteiger partial charge on any atom is 0.306 e. The van der Waals surface area contributed by atoms with Crippen LogP contribution in [-0.2, 0) is 9.53 Å². The zero-order chi connectivity index (χ0) is 24.4. The quantitative estimate of drug-likeness (QED) is 0.163. The fourth-order valence-corrected chi connectivity index (χ4v) is 4.54. The number of nitrogens with zero attached hydrogens (tertiary/aromatic N) is 1.